The zero-order chi connectivity index (χ0) is 19.8. The van der Waals surface area contributed by atoms with Gasteiger partial charge in [-0.25, -0.2) is 0 Å². The number of carbonyl (C=O) groups excluding carboxylic acids is 1. The molecule has 2 aromatic rings. The molecule has 1 fully saturated rings. The minimum Gasteiger partial charge on any atom is -0.339 e. The maximum Gasteiger partial charge on any atom is 0.246 e. The molecule has 1 saturated heterocycles. The first-order chi connectivity index (χ1) is 13.7. The van der Waals surface area contributed by atoms with Gasteiger partial charge < -0.3 is 9.80 Å². The number of likely N-dealkylation sites (N-methyl/N-ethyl adjacent to an activating group) is 1. The largest absolute Gasteiger partial charge is 0.339 e. The second-order valence-corrected chi connectivity index (χ2v) is 7.16. The number of rotatable bonds is 6. The van der Waals surface area contributed by atoms with E-state index in [-0.39, 0.29) is 11.9 Å². The summed E-state index contributed by atoms with van der Waals surface area (Å²) in [7, 11) is 1.89. The van der Waals surface area contributed by atoms with Crippen LogP contribution in [-0.4, -0.2) is 53.4 Å². The summed E-state index contributed by atoms with van der Waals surface area (Å²) in [5.74, 6) is 0.0243. The summed E-state index contributed by atoms with van der Waals surface area (Å²) in [5, 5.41) is 8.84. The number of hydrogen-bond acceptors (Lipinski definition) is 4. The lowest BCUT2D eigenvalue weighted by Crippen LogP contribution is -2.45. The van der Waals surface area contributed by atoms with Crippen LogP contribution in [0, 0.1) is 11.3 Å². The molecule has 28 heavy (non-hydrogen) atoms. The summed E-state index contributed by atoms with van der Waals surface area (Å²) in [5.41, 5.74) is 2.67. The predicted molar refractivity (Wildman–Crippen MR) is 110 cm³/mol. The Morgan fingerprint density at radius 1 is 1.25 bits per heavy atom. The maximum absolute atomic E-state index is 12.5. The minimum absolute atomic E-state index is 0.0243. The van der Waals surface area contributed by atoms with E-state index in [1.54, 1.807) is 18.2 Å². The quantitative estimate of drug-likeness (QED) is 0.729. The number of carbonyl (C=O) groups is 1. The Balaban J connectivity index is 1.44. The van der Waals surface area contributed by atoms with Crippen molar-refractivity contribution in [3.8, 4) is 6.07 Å². The molecular formula is C23H26N4O. The molecule has 5 nitrogen and oxygen atoms in total. The van der Waals surface area contributed by atoms with E-state index in [0.29, 0.717) is 5.56 Å². The van der Waals surface area contributed by atoms with Gasteiger partial charge in [0, 0.05) is 57.1 Å². The van der Waals surface area contributed by atoms with Gasteiger partial charge in [-0.2, -0.15) is 5.26 Å². The van der Waals surface area contributed by atoms with E-state index < -0.39 is 0 Å². The first kappa shape index (κ1) is 19.8. The zero-order valence-corrected chi connectivity index (χ0v) is 16.3. The van der Waals surface area contributed by atoms with Crippen LogP contribution in [0.5, 0.6) is 0 Å². The van der Waals surface area contributed by atoms with Gasteiger partial charge >= 0.3 is 0 Å². The van der Waals surface area contributed by atoms with E-state index in [4.69, 9.17) is 5.26 Å². The van der Waals surface area contributed by atoms with Gasteiger partial charge in [-0.15, -0.1) is 0 Å². The molecule has 1 aromatic heterocycles. The van der Waals surface area contributed by atoms with Crippen molar-refractivity contribution in [2.24, 2.45) is 0 Å². The predicted octanol–water partition coefficient (Wildman–Crippen LogP) is 3.13. The zero-order valence-electron chi connectivity index (χ0n) is 16.3. The highest BCUT2D eigenvalue weighted by Gasteiger charge is 2.24. The van der Waals surface area contributed by atoms with Crippen LogP contribution in [0.1, 0.15) is 29.7 Å². The molecule has 0 saturated carbocycles. The Kier molecular flexibility index (Phi) is 6.94. The van der Waals surface area contributed by atoms with Crippen LogP contribution in [0.2, 0.25) is 0 Å². The Bertz CT molecular complexity index is 831. The molecule has 1 amide bonds. The Morgan fingerprint density at radius 3 is 2.64 bits per heavy atom. The summed E-state index contributed by atoms with van der Waals surface area (Å²) in [6.45, 7) is 3.03. The van der Waals surface area contributed by atoms with Crippen molar-refractivity contribution >= 4 is 12.0 Å². The van der Waals surface area contributed by atoms with Crippen molar-refractivity contribution in [1.82, 2.24) is 14.8 Å². The Hall–Kier alpha value is -2.97. The number of amides is 1. The molecule has 3 rings (SSSR count). The summed E-state index contributed by atoms with van der Waals surface area (Å²) < 4.78 is 0. The van der Waals surface area contributed by atoms with E-state index in [9.17, 15) is 4.79 Å². The van der Waals surface area contributed by atoms with E-state index >= 15 is 0 Å². The molecule has 0 atom stereocenters. The van der Waals surface area contributed by atoms with E-state index in [0.717, 1.165) is 50.2 Å². The molecular weight excluding hydrogens is 348 g/mol. The molecule has 2 heterocycles. The minimum atomic E-state index is 0.0243. The second kappa shape index (κ2) is 9.82. The number of benzene rings is 1. The van der Waals surface area contributed by atoms with Crippen molar-refractivity contribution in [3.05, 3.63) is 71.6 Å². The second-order valence-electron chi connectivity index (χ2n) is 7.16. The van der Waals surface area contributed by atoms with E-state index in [2.05, 4.69) is 22.0 Å². The van der Waals surface area contributed by atoms with Gasteiger partial charge in [0.15, 0.2) is 0 Å². The summed E-state index contributed by atoms with van der Waals surface area (Å²) in [4.78, 5) is 21.2. The highest BCUT2D eigenvalue weighted by molar-refractivity contribution is 5.91. The normalized spacial score (nSPS) is 15.4. The van der Waals surface area contributed by atoms with Gasteiger partial charge in [0.1, 0.15) is 0 Å². The van der Waals surface area contributed by atoms with Crippen molar-refractivity contribution < 1.29 is 4.79 Å². The first-order valence-electron chi connectivity index (χ1n) is 9.73. The molecule has 1 aromatic carbocycles. The fraction of sp³-hybridized carbons (Fsp3) is 0.348. The maximum atomic E-state index is 12.5. The number of piperidine rings is 1. The van der Waals surface area contributed by atoms with Crippen LogP contribution in [0.3, 0.4) is 0 Å². The monoisotopic (exact) mass is 374 g/mol. The lowest BCUT2D eigenvalue weighted by molar-refractivity contribution is -0.127. The van der Waals surface area contributed by atoms with Gasteiger partial charge in [-0.1, -0.05) is 18.2 Å². The smallest absolute Gasteiger partial charge is 0.246 e. The molecule has 144 valence electrons. The van der Waals surface area contributed by atoms with Crippen molar-refractivity contribution in [3.63, 3.8) is 0 Å². The number of pyridine rings is 1. The molecule has 0 bridgehead atoms. The number of likely N-dealkylation sites (tertiary alicyclic amines) is 1. The number of nitriles is 1. The van der Waals surface area contributed by atoms with Crippen molar-refractivity contribution in [2.45, 2.75) is 25.3 Å². The number of aromatic nitrogens is 1. The third-order valence-corrected chi connectivity index (χ3v) is 5.32. The van der Waals surface area contributed by atoms with E-state index in [1.165, 1.54) is 0 Å². The lowest BCUT2D eigenvalue weighted by Gasteiger charge is -2.36. The van der Waals surface area contributed by atoms with Crippen LogP contribution in [0.15, 0.2) is 54.7 Å². The van der Waals surface area contributed by atoms with Gasteiger partial charge in [-0.3, -0.25) is 9.78 Å². The van der Waals surface area contributed by atoms with Crippen LogP contribution < -0.4 is 0 Å². The van der Waals surface area contributed by atoms with Crippen molar-refractivity contribution in [2.75, 3.05) is 26.7 Å². The summed E-state index contributed by atoms with van der Waals surface area (Å²) in [6.07, 6.45) is 8.22. The van der Waals surface area contributed by atoms with E-state index in [1.807, 2.05) is 48.5 Å². The molecule has 0 aliphatic carbocycles. The highest BCUT2D eigenvalue weighted by Crippen LogP contribution is 2.16. The molecule has 1 aliphatic heterocycles. The van der Waals surface area contributed by atoms with Crippen LogP contribution >= 0.6 is 0 Å². The summed E-state index contributed by atoms with van der Waals surface area (Å²) in [6, 6.07) is 15.6. The molecule has 0 radical (unpaired) electrons. The van der Waals surface area contributed by atoms with Gasteiger partial charge in [0.05, 0.1) is 11.6 Å². The van der Waals surface area contributed by atoms with Gasteiger partial charge in [0.2, 0.25) is 5.91 Å². The molecule has 5 heteroatoms. The fourth-order valence-corrected chi connectivity index (χ4v) is 3.48. The van der Waals surface area contributed by atoms with Gasteiger partial charge in [0.25, 0.3) is 0 Å². The average molecular weight is 374 g/mol. The highest BCUT2D eigenvalue weighted by atomic mass is 16.2. The summed E-state index contributed by atoms with van der Waals surface area (Å²) >= 11 is 0. The lowest BCUT2D eigenvalue weighted by atomic mass is 10.0. The van der Waals surface area contributed by atoms with Gasteiger partial charge in [-0.05, 0) is 48.7 Å². The SMILES string of the molecule is CN(C(=O)/C=C/c1ccc(C#N)cc1)C1CCN(CCc2ccccn2)CC1. The molecule has 1 aliphatic rings. The Labute approximate surface area is 166 Å². The first-order valence-corrected chi connectivity index (χ1v) is 9.73. The molecule has 0 unspecified atom stereocenters. The third kappa shape index (κ3) is 5.51. The van der Waals surface area contributed by atoms with Crippen LogP contribution in [0.25, 0.3) is 6.08 Å². The fourth-order valence-electron chi connectivity index (χ4n) is 3.48. The standard InChI is InChI=1S/C23H26N4O/c1-26(23(28)10-9-19-5-7-20(18-24)8-6-19)22-12-16-27(17-13-22)15-11-21-4-2-3-14-25-21/h2-10,14,22H,11-13,15-17H2,1H3/b10-9+. The van der Waals surface area contributed by atoms with Crippen molar-refractivity contribution in [1.29, 1.82) is 5.26 Å². The molecule has 0 N–H and O–H groups in total. The third-order valence-electron chi connectivity index (χ3n) is 5.32. The number of hydrogen-bond donors (Lipinski definition) is 0. The van der Waals surface area contributed by atoms with Crippen LogP contribution in [-0.2, 0) is 11.2 Å². The average Bonchev–Trinajstić information content (AvgIpc) is 2.77. The topological polar surface area (TPSA) is 60.2 Å². The van der Waals surface area contributed by atoms with Crippen LogP contribution in [0.4, 0.5) is 0 Å². The number of nitrogens with zero attached hydrogens (tertiary/aromatic N) is 4. The molecule has 0 spiro atoms. The Morgan fingerprint density at radius 2 is 2.00 bits per heavy atom.